The van der Waals surface area contributed by atoms with Crippen molar-refractivity contribution in [1.82, 2.24) is 0 Å². The minimum Gasteiger partial charge on any atom is -0.494 e. The molecule has 3 aromatic carbocycles. The van der Waals surface area contributed by atoms with Crippen molar-refractivity contribution < 1.29 is 23.4 Å². The van der Waals surface area contributed by atoms with Gasteiger partial charge in [-0.1, -0.05) is 24.3 Å². The van der Waals surface area contributed by atoms with Crippen LogP contribution < -0.4 is 19.5 Å². The Morgan fingerprint density at radius 3 is 2.65 bits per heavy atom. The van der Waals surface area contributed by atoms with Crippen LogP contribution in [0.5, 0.6) is 17.2 Å². The third-order valence-electron chi connectivity index (χ3n) is 4.66. The number of carbonyl (C=O) groups excluding carboxylic acids is 1. The zero-order chi connectivity index (χ0) is 24.5. The van der Waals surface area contributed by atoms with E-state index in [2.05, 4.69) is 21.2 Å². The topological polar surface area (TPSA) is 80.6 Å². The number of halogens is 2. The molecule has 0 aliphatic rings. The molecule has 34 heavy (non-hydrogen) atoms. The SMILES string of the molecule is CCOc1cccc(NC(=O)/C(C#N)=C\c2cc(Br)c(OCc3ccccc3F)c(OC)c2)c1. The molecule has 0 fully saturated rings. The summed E-state index contributed by atoms with van der Waals surface area (Å²) in [5.41, 5.74) is 1.34. The van der Waals surface area contributed by atoms with Crippen LogP contribution in [0.4, 0.5) is 10.1 Å². The second kappa shape index (κ2) is 11.9. The van der Waals surface area contributed by atoms with Gasteiger partial charge >= 0.3 is 0 Å². The average Bonchev–Trinajstić information content (AvgIpc) is 2.83. The second-order valence-electron chi connectivity index (χ2n) is 7.00. The molecule has 0 spiro atoms. The Hall–Kier alpha value is -3.83. The van der Waals surface area contributed by atoms with Crippen LogP contribution in [0, 0.1) is 17.1 Å². The fourth-order valence-corrected chi connectivity index (χ4v) is 3.65. The van der Waals surface area contributed by atoms with E-state index in [1.165, 1.54) is 19.3 Å². The Labute approximate surface area is 205 Å². The highest BCUT2D eigenvalue weighted by Crippen LogP contribution is 2.38. The van der Waals surface area contributed by atoms with Gasteiger partial charge in [0.05, 0.1) is 18.2 Å². The Morgan fingerprint density at radius 1 is 1.15 bits per heavy atom. The lowest BCUT2D eigenvalue weighted by Gasteiger charge is -2.14. The molecule has 3 rings (SSSR count). The number of hydrogen-bond donors (Lipinski definition) is 1. The predicted octanol–water partition coefficient (Wildman–Crippen LogP) is 6.12. The minimum atomic E-state index is -0.564. The number of hydrogen-bond acceptors (Lipinski definition) is 5. The monoisotopic (exact) mass is 524 g/mol. The number of rotatable bonds is 9. The van der Waals surface area contributed by atoms with Gasteiger partial charge in [-0.25, -0.2) is 4.39 Å². The Bertz CT molecular complexity index is 1250. The van der Waals surface area contributed by atoms with Gasteiger partial charge in [-0.15, -0.1) is 0 Å². The van der Waals surface area contributed by atoms with Crippen LogP contribution in [-0.2, 0) is 11.4 Å². The molecule has 0 aliphatic carbocycles. The van der Waals surface area contributed by atoms with E-state index < -0.39 is 5.91 Å². The van der Waals surface area contributed by atoms with Crippen LogP contribution in [0.1, 0.15) is 18.1 Å². The molecular weight excluding hydrogens is 503 g/mol. The maximum absolute atomic E-state index is 13.9. The highest BCUT2D eigenvalue weighted by atomic mass is 79.9. The predicted molar refractivity (Wildman–Crippen MR) is 131 cm³/mol. The second-order valence-corrected chi connectivity index (χ2v) is 7.85. The molecule has 0 radical (unpaired) electrons. The van der Waals surface area contributed by atoms with Crippen molar-refractivity contribution in [2.75, 3.05) is 19.0 Å². The lowest BCUT2D eigenvalue weighted by atomic mass is 10.1. The van der Waals surface area contributed by atoms with E-state index >= 15 is 0 Å². The third-order valence-corrected chi connectivity index (χ3v) is 5.25. The number of amides is 1. The third kappa shape index (κ3) is 6.36. The highest BCUT2D eigenvalue weighted by Gasteiger charge is 2.15. The molecule has 6 nitrogen and oxygen atoms in total. The van der Waals surface area contributed by atoms with E-state index in [1.54, 1.807) is 54.6 Å². The number of carbonyl (C=O) groups is 1. The van der Waals surface area contributed by atoms with Crippen LogP contribution in [-0.4, -0.2) is 19.6 Å². The van der Waals surface area contributed by atoms with E-state index in [0.29, 0.717) is 45.1 Å². The minimum absolute atomic E-state index is 0.00345. The number of nitrogens with zero attached hydrogens (tertiary/aromatic N) is 1. The molecule has 0 bridgehead atoms. The van der Waals surface area contributed by atoms with Crippen LogP contribution >= 0.6 is 15.9 Å². The molecule has 8 heteroatoms. The van der Waals surface area contributed by atoms with E-state index in [1.807, 2.05) is 13.0 Å². The zero-order valence-electron chi connectivity index (χ0n) is 18.6. The van der Waals surface area contributed by atoms with Gasteiger partial charge in [0.1, 0.15) is 29.8 Å². The molecule has 174 valence electrons. The van der Waals surface area contributed by atoms with E-state index in [4.69, 9.17) is 14.2 Å². The van der Waals surface area contributed by atoms with Crippen LogP contribution in [0.25, 0.3) is 6.08 Å². The molecule has 1 N–H and O–H groups in total. The first-order valence-corrected chi connectivity index (χ1v) is 11.1. The number of benzene rings is 3. The Morgan fingerprint density at radius 2 is 1.94 bits per heavy atom. The standard InChI is InChI=1S/C26H22BrFN2O4/c1-3-33-21-9-6-8-20(14-21)30-26(31)19(15-29)11-17-12-22(27)25(24(13-17)32-2)34-16-18-7-4-5-10-23(18)28/h4-14H,3,16H2,1-2H3,(H,30,31)/b19-11-. The lowest BCUT2D eigenvalue weighted by Crippen LogP contribution is -2.13. The maximum atomic E-state index is 13.9. The smallest absolute Gasteiger partial charge is 0.266 e. The highest BCUT2D eigenvalue weighted by molar-refractivity contribution is 9.10. The fourth-order valence-electron chi connectivity index (χ4n) is 3.07. The number of methoxy groups -OCH3 is 1. The number of anilines is 1. The van der Waals surface area contributed by atoms with Crippen molar-refractivity contribution in [2.45, 2.75) is 13.5 Å². The van der Waals surface area contributed by atoms with Gasteiger partial charge in [-0.3, -0.25) is 4.79 Å². The van der Waals surface area contributed by atoms with Gasteiger partial charge in [-0.05, 0) is 64.8 Å². The van der Waals surface area contributed by atoms with Gasteiger partial charge in [0.2, 0.25) is 0 Å². The summed E-state index contributed by atoms with van der Waals surface area (Å²) in [6, 6.07) is 18.5. The van der Waals surface area contributed by atoms with Gasteiger partial charge in [0, 0.05) is 17.3 Å². The summed E-state index contributed by atoms with van der Waals surface area (Å²) >= 11 is 3.43. The van der Waals surface area contributed by atoms with Crippen LogP contribution in [0.15, 0.2) is 70.7 Å². The van der Waals surface area contributed by atoms with Crippen molar-refractivity contribution in [3.8, 4) is 23.3 Å². The zero-order valence-corrected chi connectivity index (χ0v) is 20.2. The Kier molecular flexibility index (Phi) is 8.66. The van der Waals surface area contributed by atoms with Crippen LogP contribution in [0.2, 0.25) is 0 Å². The summed E-state index contributed by atoms with van der Waals surface area (Å²) in [7, 11) is 1.47. The summed E-state index contributed by atoms with van der Waals surface area (Å²) in [6.45, 7) is 2.37. The summed E-state index contributed by atoms with van der Waals surface area (Å²) in [5, 5.41) is 12.3. The molecule has 0 unspecified atom stereocenters. The molecule has 0 saturated carbocycles. The molecule has 1 amide bonds. The van der Waals surface area contributed by atoms with Crippen molar-refractivity contribution in [3.05, 3.63) is 87.7 Å². The molecule has 0 heterocycles. The summed E-state index contributed by atoms with van der Waals surface area (Å²) in [4.78, 5) is 12.7. The molecule has 3 aromatic rings. The summed E-state index contributed by atoms with van der Waals surface area (Å²) < 4.78 is 31.1. The molecule has 0 atom stereocenters. The summed E-state index contributed by atoms with van der Waals surface area (Å²) in [6.07, 6.45) is 1.44. The normalized spacial score (nSPS) is 10.9. The summed E-state index contributed by atoms with van der Waals surface area (Å²) in [5.74, 6) is 0.417. The molecule has 0 saturated heterocycles. The van der Waals surface area contributed by atoms with Crippen molar-refractivity contribution >= 4 is 33.6 Å². The quantitative estimate of drug-likeness (QED) is 0.269. The first kappa shape index (κ1) is 24.8. The van der Waals surface area contributed by atoms with E-state index in [0.717, 1.165) is 0 Å². The fraction of sp³-hybridized carbons (Fsp3) is 0.154. The maximum Gasteiger partial charge on any atom is 0.266 e. The first-order valence-electron chi connectivity index (χ1n) is 10.3. The average molecular weight is 525 g/mol. The van der Waals surface area contributed by atoms with Crippen molar-refractivity contribution in [2.24, 2.45) is 0 Å². The van der Waals surface area contributed by atoms with Crippen molar-refractivity contribution in [3.63, 3.8) is 0 Å². The van der Waals surface area contributed by atoms with Gasteiger partial charge < -0.3 is 19.5 Å². The first-order chi connectivity index (χ1) is 16.4. The van der Waals surface area contributed by atoms with Gasteiger partial charge in [0.25, 0.3) is 5.91 Å². The Balaban J connectivity index is 1.81. The number of nitrogens with one attached hydrogen (secondary N) is 1. The molecule has 0 aromatic heterocycles. The lowest BCUT2D eigenvalue weighted by molar-refractivity contribution is -0.112. The van der Waals surface area contributed by atoms with E-state index in [-0.39, 0.29) is 18.0 Å². The number of nitriles is 1. The van der Waals surface area contributed by atoms with Crippen LogP contribution in [0.3, 0.4) is 0 Å². The van der Waals surface area contributed by atoms with E-state index in [9.17, 15) is 14.4 Å². The molecular formula is C26H22BrFN2O4. The van der Waals surface area contributed by atoms with Gasteiger partial charge in [0.15, 0.2) is 11.5 Å². The largest absolute Gasteiger partial charge is 0.494 e. The van der Waals surface area contributed by atoms with Gasteiger partial charge in [-0.2, -0.15) is 5.26 Å². The van der Waals surface area contributed by atoms with Crippen molar-refractivity contribution in [1.29, 1.82) is 5.26 Å². The number of ether oxygens (including phenoxy) is 3. The molecule has 0 aliphatic heterocycles.